The Balaban J connectivity index is 1.50. The number of carbonyl (C=O) groups excluding carboxylic acids is 2. The van der Waals surface area contributed by atoms with Crippen LogP contribution < -0.4 is 0 Å². The SMILES string of the molecule is CCCCCC1(C=C[C@H]2C(OC(=O)c3ccccc3)CC3OC(=O)C[C@@H]32)OCCO1. The summed E-state index contributed by atoms with van der Waals surface area (Å²) in [5, 5.41) is 0. The zero-order valence-corrected chi connectivity index (χ0v) is 17.5. The molecule has 6 nitrogen and oxygen atoms in total. The molecule has 162 valence electrons. The molecule has 1 aliphatic carbocycles. The van der Waals surface area contributed by atoms with Crippen LogP contribution in [0.25, 0.3) is 0 Å². The molecule has 3 aliphatic rings. The van der Waals surface area contributed by atoms with E-state index in [0.29, 0.717) is 31.6 Å². The van der Waals surface area contributed by atoms with Crippen molar-refractivity contribution < 1.29 is 28.5 Å². The molecule has 0 bridgehead atoms. The fraction of sp³-hybridized carbons (Fsp3) is 0.583. The van der Waals surface area contributed by atoms with Crippen LogP contribution in [0.5, 0.6) is 0 Å². The minimum atomic E-state index is -0.718. The lowest BCUT2D eigenvalue weighted by molar-refractivity contribution is -0.141. The molecule has 1 aromatic rings. The number of hydrogen-bond acceptors (Lipinski definition) is 6. The van der Waals surface area contributed by atoms with Gasteiger partial charge in [-0.05, 0) is 24.6 Å². The van der Waals surface area contributed by atoms with E-state index in [-0.39, 0.29) is 36.0 Å². The van der Waals surface area contributed by atoms with Crippen molar-refractivity contribution in [1.29, 1.82) is 0 Å². The van der Waals surface area contributed by atoms with Crippen LogP contribution in [0.1, 0.15) is 55.8 Å². The van der Waals surface area contributed by atoms with Crippen LogP contribution in [0.2, 0.25) is 0 Å². The fourth-order valence-electron chi connectivity index (χ4n) is 4.74. The van der Waals surface area contributed by atoms with Crippen LogP contribution in [0, 0.1) is 11.8 Å². The smallest absolute Gasteiger partial charge is 0.338 e. The molecule has 0 N–H and O–H groups in total. The van der Waals surface area contributed by atoms with E-state index in [1.54, 1.807) is 12.1 Å². The number of unbranched alkanes of at least 4 members (excludes halogenated alkanes) is 2. The zero-order valence-electron chi connectivity index (χ0n) is 17.5. The Bertz CT molecular complexity index is 767. The van der Waals surface area contributed by atoms with E-state index in [0.717, 1.165) is 25.7 Å². The molecule has 0 aromatic heterocycles. The van der Waals surface area contributed by atoms with E-state index in [4.69, 9.17) is 18.9 Å². The second-order valence-electron chi connectivity index (χ2n) is 8.34. The number of hydrogen-bond donors (Lipinski definition) is 0. The lowest BCUT2D eigenvalue weighted by Gasteiger charge is -2.26. The third kappa shape index (κ3) is 4.60. The average Bonchev–Trinajstić information content (AvgIpc) is 3.43. The summed E-state index contributed by atoms with van der Waals surface area (Å²) in [6, 6.07) is 8.97. The van der Waals surface area contributed by atoms with Crippen LogP contribution in [0.15, 0.2) is 42.5 Å². The minimum Gasteiger partial charge on any atom is -0.462 e. The fourth-order valence-corrected chi connectivity index (χ4v) is 4.74. The highest BCUT2D eigenvalue weighted by atomic mass is 16.7. The molecule has 2 heterocycles. The number of esters is 2. The number of ether oxygens (including phenoxy) is 4. The van der Waals surface area contributed by atoms with Gasteiger partial charge in [-0.1, -0.05) is 44.0 Å². The van der Waals surface area contributed by atoms with Gasteiger partial charge < -0.3 is 18.9 Å². The molecule has 6 heteroatoms. The van der Waals surface area contributed by atoms with E-state index in [2.05, 4.69) is 6.92 Å². The van der Waals surface area contributed by atoms with Crippen molar-refractivity contribution in [3.8, 4) is 0 Å². The summed E-state index contributed by atoms with van der Waals surface area (Å²) in [5.74, 6) is -1.34. The first kappa shape index (κ1) is 21.1. The van der Waals surface area contributed by atoms with Gasteiger partial charge in [-0.25, -0.2) is 4.79 Å². The summed E-state index contributed by atoms with van der Waals surface area (Å²) in [7, 11) is 0. The van der Waals surface area contributed by atoms with Crippen LogP contribution in [0.3, 0.4) is 0 Å². The first-order chi connectivity index (χ1) is 14.6. The molecule has 3 fully saturated rings. The van der Waals surface area contributed by atoms with Crippen molar-refractivity contribution in [3.05, 3.63) is 48.0 Å². The molecule has 2 aliphatic heterocycles. The Kier molecular flexibility index (Phi) is 6.54. The van der Waals surface area contributed by atoms with Crippen LogP contribution in [-0.2, 0) is 23.7 Å². The van der Waals surface area contributed by atoms with Gasteiger partial charge in [0.2, 0.25) is 0 Å². The summed E-state index contributed by atoms with van der Waals surface area (Å²) in [4.78, 5) is 24.5. The topological polar surface area (TPSA) is 71.1 Å². The van der Waals surface area contributed by atoms with E-state index in [1.165, 1.54) is 0 Å². The van der Waals surface area contributed by atoms with Gasteiger partial charge in [0.15, 0.2) is 5.79 Å². The third-order valence-corrected chi connectivity index (χ3v) is 6.30. The third-order valence-electron chi connectivity index (χ3n) is 6.30. The largest absolute Gasteiger partial charge is 0.462 e. The number of benzene rings is 1. The van der Waals surface area contributed by atoms with Gasteiger partial charge in [0.05, 0.1) is 25.2 Å². The average molecular weight is 414 g/mol. The Morgan fingerprint density at radius 1 is 1.20 bits per heavy atom. The molecule has 0 amide bonds. The molecule has 2 saturated heterocycles. The molecule has 4 atom stereocenters. The summed E-state index contributed by atoms with van der Waals surface area (Å²) >= 11 is 0. The highest BCUT2D eigenvalue weighted by molar-refractivity contribution is 5.89. The predicted molar refractivity (Wildman–Crippen MR) is 110 cm³/mol. The van der Waals surface area contributed by atoms with Crippen molar-refractivity contribution in [2.24, 2.45) is 11.8 Å². The van der Waals surface area contributed by atoms with Crippen molar-refractivity contribution in [2.45, 2.75) is 63.4 Å². The van der Waals surface area contributed by atoms with E-state index in [9.17, 15) is 9.59 Å². The number of rotatable bonds is 8. The lowest BCUT2D eigenvalue weighted by atomic mass is 9.90. The molecule has 1 aromatic carbocycles. The maximum Gasteiger partial charge on any atom is 0.338 e. The molecule has 30 heavy (non-hydrogen) atoms. The Morgan fingerprint density at radius 3 is 2.70 bits per heavy atom. The van der Waals surface area contributed by atoms with Crippen molar-refractivity contribution in [2.75, 3.05) is 13.2 Å². The maximum absolute atomic E-state index is 12.6. The molecular weight excluding hydrogens is 384 g/mol. The summed E-state index contributed by atoms with van der Waals surface area (Å²) in [6.45, 7) is 3.31. The molecule has 1 saturated carbocycles. The molecular formula is C24H30O6. The van der Waals surface area contributed by atoms with Gasteiger partial charge in [-0.3, -0.25) is 4.79 Å². The quantitative estimate of drug-likeness (QED) is 0.363. The summed E-state index contributed by atoms with van der Waals surface area (Å²) in [6.07, 6.45) is 8.40. The lowest BCUT2D eigenvalue weighted by Crippen LogP contribution is -2.29. The minimum absolute atomic E-state index is 0.0106. The molecule has 0 spiro atoms. The molecule has 4 rings (SSSR count). The van der Waals surface area contributed by atoms with Crippen LogP contribution in [-0.4, -0.2) is 43.1 Å². The Morgan fingerprint density at radius 2 is 1.97 bits per heavy atom. The van der Waals surface area contributed by atoms with E-state index in [1.807, 2.05) is 30.4 Å². The summed E-state index contributed by atoms with van der Waals surface area (Å²) in [5.41, 5.74) is 0.521. The molecule has 2 unspecified atom stereocenters. The first-order valence-electron chi connectivity index (χ1n) is 11.0. The van der Waals surface area contributed by atoms with Gasteiger partial charge in [-0.15, -0.1) is 0 Å². The van der Waals surface area contributed by atoms with Gasteiger partial charge >= 0.3 is 11.9 Å². The normalized spacial score (nSPS) is 29.8. The van der Waals surface area contributed by atoms with Crippen molar-refractivity contribution in [1.82, 2.24) is 0 Å². The van der Waals surface area contributed by atoms with Crippen LogP contribution >= 0.6 is 0 Å². The summed E-state index contributed by atoms with van der Waals surface area (Å²) < 4.78 is 23.2. The van der Waals surface area contributed by atoms with E-state index >= 15 is 0 Å². The van der Waals surface area contributed by atoms with Gasteiger partial charge in [-0.2, -0.15) is 0 Å². The van der Waals surface area contributed by atoms with E-state index < -0.39 is 5.79 Å². The van der Waals surface area contributed by atoms with Crippen molar-refractivity contribution in [3.63, 3.8) is 0 Å². The second-order valence-corrected chi connectivity index (χ2v) is 8.34. The van der Waals surface area contributed by atoms with Crippen molar-refractivity contribution >= 4 is 11.9 Å². The van der Waals surface area contributed by atoms with Gasteiger partial charge in [0.1, 0.15) is 12.2 Å². The van der Waals surface area contributed by atoms with Crippen LogP contribution in [0.4, 0.5) is 0 Å². The number of fused-ring (bicyclic) bond motifs is 1. The zero-order chi connectivity index (χ0) is 21.0. The molecule has 0 radical (unpaired) electrons. The van der Waals surface area contributed by atoms with Gasteiger partial charge in [0.25, 0.3) is 0 Å². The maximum atomic E-state index is 12.6. The first-order valence-corrected chi connectivity index (χ1v) is 11.0. The highest BCUT2D eigenvalue weighted by Crippen LogP contribution is 2.44. The second kappa shape index (κ2) is 9.31. The predicted octanol–water partition coefficient (Wildman–Crippen LogP) is 4.04. The van der Waals surface area contributed by atoms with Gasteiger partial charge in [0, 0.05) is 24.7 Å². The Hall–Kier alpha value is -2.18. The highest BCUT2D eigenvalue weighted by Gasteiger charge is 2.51. The standard InChI is InChI=1S/C24H30O6/c1-2-3-7-11-24(27-13-14-28-24)12-10-18-19-15-22(25)29-21(19)16-20(18)30-23(26)17-8-5-4-6-9-17/h4-6,8-10,12,18-21H,2-3,7,11,13-16H2,1H3/t18-,19-,20?,21?/m1/s1. The number of carbonyl (C=O) groups is 2. The monoisotopic (exact) mass is 414 g/mol. The Labute approximate surface area is 177 Å².